The number of hydrogen-bond donors (Lipinski definition) is 1. The van der Waals surface area contributed by atoms with Gasteiger partial charge in [-0.25, -0.2) is 8.42 Å². The van der Waals surface area contributed by atoms with Gasteiger partial charge in [0.25, 0.3) is 0 Å². The van der Waals surface area contributed by atoms with Gasteiger partial charge < -0.3 is 5.32 Å². The third-order valence-electron chi connectivity index (χ3n) is 3.13. The number of thiophene rings is 1. The molecule has 0 saturated carbocycles. The van der Waals surface area contributed by atoms with Crippen LogP contribution in [-0.2, 0) is 16.6 Å². The summed E-state index contributed by atoms with van der Waals surface area (Å²) < 4.78 is 27.5. The third-order valence-corrected chi connectivity index (χ3v) is 8.44. The predicted octanol–water partition coefficient (Wildman–Crippen LogP) is 2.36. The smallest absolute Gasteiger partial charge is 0.245 e. The number of sulfonamides is 1. The van der Waals surface area contributed by atoms with E-state index in [1.165, 1.54) is 15.6 Å². The summed E-state index contributed by atoms with van der Waals surface area (Å²) >= 11 is 6.66. The van der Waals surface area contributed by atoms with Crippen molar-refractivity contribution >= 4 is 49.1 Å². The first kappa shape index (κ1) is 15.8. The molecule has 0 radical (unpaired) electrons. The second kappa shape index (κ2) is 6.44. The Morgan fingerprint density at radius 3 is 2.89 bits per heavy atom. The van der Waals surface area contributed by atoms with Crippen LogP contribution in [-0.4, -0.2) is 44.4 Å². The molecule has 0 bridgehead atoms. The molecule has 1 aromatic heterocycles. The van der Waals surface area contributed by atoms with Crippen molar-refractivity contribution in [3.63, 3.8) is 0 Å². The minimum atomic E-state index is -3.39. The van der Waals surface area contributed by atoms with Gasteiger partial charge in [0.2, 0.25) is 10.0 Å². The normalized spacial score (nSPS) is 20.3. The van der Waals surface area contributed by atoms with Gasteiger partial charge in [-0.2, -0.15) is 16.1 Å². The molecular weight excluding hydrogens is 368 g/mol. The number of nitrogens with one attached hydrogen (secondary N) is 1. The molecule has 108 valence electrons. The Kier molecular flexibility index (Phi) is 5.35. The summed E-state index contributed by atoms with van der Waals surface area (Å²) in [7, 11) is 0.144. The largest absolute Gasteiger partial charge is 0.315 e. The Hall–Kier alpha value is 0.400. The maximum absolute atomic E-state index is 12.6. The average molecular weight is 385 g/mol. The average Bonchev–Trinajstić information content (AvgIpc) is 2.98. The van der Waals surface area contributed by atoms with E-state index in [-0.39, 0.29) is 6.04 Å². The standard InChI is InChI=1S/C11H17BrN2O2S3/c1-13-6-9-5-10(11(12)18-9)19(15,16)14(2)8-3-4-17-7-8/h5,8,13H,3-4,6-7H2,1-2H3. The summed E-state index contributed by atoms with van der Waals surface area (Å²) in [4.78, 5) is 1.41. The molecule has 8 heteroatoms. The lowest BCUT2D eigenvalue weighted by atomic mass is 10.3. The number of hydrogen-bond acceptors (Lipinski definition) is 5. The van der Waals surface area contributed by atoms with Gasteiger partial charge in [0.05, 0.1) is 3.79 Å². The van der Waals surface area contributed by atoms with E-state index in [4.69, 9.17) is 0 Å². The van der Waals surface area contributed by atoms with Crippen molar-refractivity contribution in [1.82, 2.24) is 9.62 Å². The summed E-state index contributed by atoms with van der Waals surface area (Å²) in [5, 5.41) is 3.04. The zero-order valence-corrected chi connectivity index (χ0v) is 14.9. The zero-order valence-electron chi connectivity index (χ0n) is 10.8. The van der Waals surface area contributed by atoms with Crippen molar-refractivity contribution in [2.24, 2.45) is 0 Å². The maximum Gasteiger partial charge on any atom is 0.245 e. The molecule has 1 aliphatic heterocycles. The highest BCUT2D eigenvalue weighted by Gasteiger charge is 2.32. The molecule has 2 heterocycles. The molecule has 0 aromatic carbocycles. The summed E-state index contributed by atoms with van der Waals surface area (Å²) in [6.07, 6.45) is 0.936. The van der Waals surface area contributed by atoms with E-state index in [0.717, 1.165) is 22.8 Å². The topological polar surface area (TPSA) is 49.4 Å². The molecule has 1 aromatic rings. The monoisotopic (exact) mass is 384 g/mol. The minimum Gasteiger partial charge on any atom is -0.315 e. The van der Waals surface area contributed by atoms with E-state index < -0.39 is 10.0 Å². The summed E-state index contributed by atoms with van der Waals surface area (Å²) in [5.41, 5.74) is 0. The van der Waals surface area contributed by atoms with E-state index >= 15 is 0 Å². The molecule has 0 amide bonds. The van der Waals surface area contributed by atoms with Crippen molar-refractivity contribution < 1.29 is 8.42 Å². The van der Waals surface area contributed by atoms with Crippen LogP contribution in [0.5, 0.6) is 0 Å². The predicted molar refractivity (Wildman–Crippen MR) is 85.5 cm³/mol. The highest BCUT2D eigenvalue weighted by atomic mass is 79.9. The van der Waals surface area contributed by atoms with Crippen LogP contribution >= 0.6 is 39.0 Å². The first-order valence-corrected chi connectivity index (χ1v) is 10.2. The van der Waals surface area contributed by atoms with Crippen LogP contribution in [0.25, 0.3) is 0 Å². The van der Waals surface area contributed by atoms with Crippen molar-refractivity contribution in [3.05, 3.63) is 14.7 Å². The van der Waals surface area contributed by atoms with E-state index in [1.807, 2.05) is 18.8 Å². The molecule has 4 nitrogen and oxygen atoms in total. The quantitative estimate of drug-likeness (QED) is 0.846. The number of halogens is 1. The lowest BCUT2D eigenvalue weighted by molar-refractivity contribution is 0.394. The van der Waals surface area contributed by atoms with E-state index in [2.05, 4.69) is 21.2 Å². The molecule has 1 atom stereocenters. The fourth-order valence-electron chi connectivity index (χ4n) is 2.00. The van der Waals surface area contributed by atoms with Crippen molar-refractivity contribution in [1.29, 1.82) is 0 Å². The number of nitrogens with zero attached hydrogens (tertiary/aromatic N) is 1. The van der Waals surface area contributed by atoms with Crippen LogP contribution in [0.2, 0.25) is 0 Å². The minimum absolute atomic E-state index is 0.120. The molecule has 0 spiro atoms. The molecule has 1 saturated heterocycles. The van der Waals surface area contributed by atoms with Gasteiger partial charge in [0.1, 0.15) is 4.90 Å². The molecule has 1 N–H and O–H groups in total. The zero-order chi connectivity index (χ0) is 14.0. The fraction of sp³-hybridized carbons (Fsp3) is 0.636. The van der Waals surface area contributed by atoms with E-state index in [1.54, 1.807) is 13.1 Å². The first-order valence-electron chi connectivity index (χ1n) is 5.95. The molecule has 19 heavy (non-hydrogen) atoms. The molecule has 1 unspecified atom stereocenters. The Balaban J connectivity index is 2.27. The Morgan fingerprint density at radius 1 is 1.58 bits per heavy atom. The Labute approximate surface area is 131 Å². The van der Waals surface area contributed by atoms with Gasteiger partial charge in [0.15, 0.2) is 0 Å². The molecule has 2 rings (SSSR count). The van der Waals surface area contributed by atoms with Gasteiger partial charge in [-0.05, 0) is 41.2 Å². The molecular formula is C11H17BrN2O2S3. The fourth-order valence-corrected chi connectivity index (χ4v) is 7.38. The van der Waals surface area contributed by atoms with Gasteiger partial charge in [-0.3, -0.25) is 0 Å². The second-order valence-electron chi connectivity index (χ2n) is 4.42. The van der Waals surface area contributed by atoms with Gasteiger partial charge in [-0.1, -0.05) is 0 Å². The van der Waals surface area contributed by atoms with E-state index in [0.29, 0.717) is 15.2 Å². The molecule has 1 aliphatic rings. The van der Waals surface area contributed by atoms with Crippen LogP contribution in [0.3, 0.4) is 0 Å². The lowest BCUT2D eigenvalue weighted by Crippen LogP contribution is -2.36. The van der Waals surface area contributed by atoms with Crippen LogP contribution in [0.4, 0.5) is 0 Å². The highest BCUT2D eigenvalue weighted by molar-refractivity contribution is 9.11. The van der Waals surface area contributed by atoms with E-state index in [9.17, 15) is 8.42 Å². The Morgan fingerprint density at radius 2 is 2.32 bits per heavy atom. The lowest BCUT2D eigenvalue weighted by Gasteiger charge is -2.22. The van der Waals surface area contributed by atoms with Crippen LogP contribution in [0.1, 0.15) is 11.3 Å². The summed E-state index contributed by atoms with van der Waals surface area (Å²) in [5.74, 6) is 1.93. The van der Waals surface area contributed by atoms with Crippen molar-refractivity contribution in [3.8, 4) is 0 Å². The van der Waals surface area contributed by atoms with Gasteiger partial charge in [-0.15, -0.1) is 11.3 Å². The number of rotatable bonds is 5. The Bertz CT molecular complexity index is 538. The van der Waals surface area contributed by atoms with Crippen molar-refractivity contribution in [2.75, 3.05) is 25.6 Å². The number of thioether (sulfide) groups is 1. The molecule has 1 fully saturated rings. The van der Waals surface area contributed by atoms with Gasteiger partial charge >= 0.3 is 0 Å². The van der Waals surface area contributed by atoms with Crippen molar-refractivity contribution in [2.45, 2.75) is 23.9 Å². The third kappa shape index (κ3) is 3.36. The molecule has 0 aliphatic carbocycles. The second-order valence-corrected chi connectivity index (χ2v) is 9.99. The SMILES string of the molecule is CNCc1cc(S(=O)(=O)N(C)C2CCSC2)c(Br)s1. The van der Waals surface area contributed by atoms with Crippen LogP contribution in [0.15, 0.2) is 14.7 Å². The van der Waals surface area contributed by atoms with Gasteiger partial charge in [0, 0.05) is 30.3 Å². The van der Waals surface area contributed by atoms with Crippen LogP contribution in [0, 0.1) is 0 Å². The highest BCUT2D eigenvalue weighted by Crippen LogP contribution is 2.35. The first-order chi connectivity index (χ1) is 8.96. The van der Waals surface area contributed by atoms with Crippen LogP contribution < -0.4 is 5.32 Å². The maximum atomic E-state index is 12.6. The summed E-state index contributed by atoms with van der Waals surface area (Å²) in [6.45, 7) is 0.682. The summed E-state index contributed by atoms with van der Waals surface area (Å²) in [6, 6.07) is 1.88.